The minimum atomic E-state index is 0.685. The third-order valence-corrected chi connectivity index (χ3v) is 4.30. The third-order valence-electron chi connectivity index (χ3n) is 4.30. The van der Waals surface area contributed by atoms with E-state index < -0.39 is 0 Å². The Morgan fingerprint density at radius 1 is 1.24 bits per heavy atom. The van der Waals surface area contributed by atoms with E-state index in [0.717, 1.165) is 18.5 Å². The summed E-state index contributed by atoms with van der Waals surface area (Å²) >= 11 is 0. The summed E-state index contributed by atoms with van der Waals surface area (Å²) in [6.07, 6.45) is 2.57. The van der Waals surface area contributed by atoms with Crippen LogP contribution in [0.5, 0.6) is 0 Å². The number of nitrogens with one attached hydrogen (secondary N) is 1. The molecule has 92 valence electrons. The molecule has 17 heavy (non-hydrogen) atoms. The summed E-state index contributed by atoms with van der Waals surface area (Å²) in [6.45, 7) is 7.13. The highest BCUT2D eigenvalue weighted by atomic mass is 15.2. The topological polar surface area (TPSA) is 15.3 Å². The Bertz CT molecular complexity index is 402. The molecule has 1 saturated heterocycles. The van der Waals surface area contributed by atoms with Gasteiger partial charge >= 0.3 is 0 Å². The molecule has 3 unspecified atom stereocenters. The Balaban J connectivity index is 1.76. The zero-order valence-corrected chi connectivity index (χ0v) is 10.8. The fourth-order valence-electron chi connectivity index (χ4n) is 3.50. The van der Waals surface area contributed by atoms with Crippen LogP contribution in [0.2, 0.25) is 0 Å². The van der Waals surface area contributed by atoms with Gasteiger partial charge in [0.15, 0.2) is 0 Å². The maximum atomic E-state index is 3.58. The molecule has 0 aromatic heterocycles. The molecule has 0 saturated carbocycles. The molecule has 2 aliphatic rings. The van der Waals surface area contributed by atoms with Crippen LogP contribution >= 0.6 is 0 Å². The number of hydrogen-bond donors (Lipinski definition) is 1. The van der Waals surface area contributed by atoms with E-state index in [1.807, 2.05) is 0 Å². The predicted molar refractivity (Wildman–Crippen MR) is 72.4 cm³/mol. The maximum absolute atomic E-state index is 3.58. The van der Waals surface area contributed by atoms with Gasteiger partial charge in [-0.3, -0.25) is 4.90 Å². The molecule has 2 heterocycles. The number of nitrogens with zero attached hydrogens (tertiary/aromatic N) is 1. The van der Waals surface area contributed by atoms with Gasteiger partial charge in [-0.1, -0.05) is 25.1 Å². The number of anilines is 1. The van der Waals surface area contributed by atoms with Gasteiger partial charge in [0.25, 0.3) is 0 Å². The summed E-state index contributed by atoms with van der Waals surface area (Å²) < 4.78 is 0. The molecule has 3 atom stereocenters. The number of benzene rings is 1. The van der Waals surface area contributed by atoms with Crippen molar-refractivity contribution < 1.29 is 0 Å². The molecule has 1 aromatic rings. The van der Waals surface area contributed by atoms with E-state index in [2.05, 4.69) is 48.3 Å². The Labute approximate surface area is 104 Å². The highest BCUT2D eigenvalue weighted by molar-refractivity contribution is 5.53. The van der Waals surface area contributed by atoms with Crippen molar-refractivity contribution in [2.45, 2.75) is 38.8 Å². The molecule has 1 aromatic carbocycles. The van der Waals surface area contributed by atoms with Gasteiger partial charge in [0.1, 0.15) is 0 Å². The van der Waals surface area contributed by atoms with Crippen molar-refractivity contribution in [2.75, 3.05) is 18.4 Å². The van der Waals surface area contributed by atoms with Crippen molar-refractivity contribution >= 4 is 5.69 Å². The maximum Gasteiger partial charge on any atom is 0.0373 e. The Morgan fingerprint density at radius 2 is 2.06 bits per heavy atom. The van der Waals surface area contributed by atoms with E-state index in [1.165, 1.54) is 30.6 Å². The Hall–Kier alpha value is -1.02. The third kappa shape index (κ3) is 2.06. The fourth-order valence-corrected chi connectivity index (χ4v) is 3.50. The van der Waals surface area contributed by atoms with Gasteiger partial charge in [0.05, 0.1) is 0 Å². The second kappa shape index (κ2) is 4.34. The molecule has 0 spiro atoms. The summed E-state index contributed by atoms with van der Waals surface area (Å²) in [4.78, 5) is 2.70. The van der Waals surface area contributed by atoms with E-state index in [1.54, 1.807) is 0 Å². The van der Waals surface area contributed by atoms with Crippen molar-refractivity contribution in [3.05, 3.63) is 29.8 Å². The summed E-state index contributed by atoms with van der Waals surface area (Å²) in [7, 11) is 0. The Kier molecular flexibility index (Phi) is 2.83. The van der Waals surface area contributed by atoms with Crippen LogP contribution in [0.3, 0.4) is 0 Å². The van der Waals surface area contributed by atoms with E-state index >= 15 is 0 Å². The first-order chi connectivity index (χ1) is 8.24. The molecule has 0 bridgehead atoms. The van der Waals surface area contributed by atoms with Gasteiger partial charge in [0.2, 0.25) is 0 Å². The first-order valence-corrected chi connectivity index (χ1v) is 6.81. The van der Waals surface area contributed by atoms with Crippen molar-refractivity contribution in [1.29, 1.82) is 0 Å². The quantitative estimate of drug-likeness (QED) is 0.798. The lowest BCUT2D eigenvalue weighted by Crippen LogP contribution is -2.45. The smallest absolute Gasteiger partial charge is 0.0373 e. The van der Waals surface area contributed by atoms with Gasteiger partial charge in [-0.15, -0.1) is 0 Å². The Morgan fingerprint density at radius 3 is 2.82 bits per heavy atom. The van der Waals surface area contributed by atoms with Gasteiger partial charge in [-0.25, -0.2) is 0 Å². The molecule has 1 N–H and O–H groups in total. The average Bonchev–Trinajstić information content (AvgIpc) is 2.68. The lowest BCUT2D eigenvalue weighted by atomic mass is 9.98. The molecule has 2 nitrogen and oxygen atoms in total. The largest absolute Gasteiger partial charge is 0.383 e. The highest BCUT2D eigenvalue weighted by Gasteiger charge is 2.33. The average molecular weight is 230 g/mol. The lowest BCUT2D eigenvalue weighted by molar-refractivity contribution is 0.190. The van der Waals surface area contributed by atoms with Crippen molar-refractivity contribution in [2.24, 2.45) is 5.92 Å². The van der Waals surface area contributed by atoms with Crippen LogP contribution in [0.25, 0.3) is 0 Å². The van der Waals surface area contributed by atoms with Gasteiger partial charge in [-0.2, -0.15) is 0 Å². The molecule has 2 aliphatic heterocycles. The van der Waals surface area contributed by atoms with Crippen LogP contribution in [0.1, 0.15) is 25.8 Å². The number of hydrogen-bond acceptors (Lipinski definition) is 2. The first kappa shape index (κ1) is 11.1. The van der Waals surface area contributed by atoms with Gasteiger partial charge < -0.3 is 5.32 Å². The minimum Gasteiger partial charge on any atom is -0.383 e. The number of para-hydroxylation sites is 1. The summed E-state index contributed by atoms with van der Waals surface area (Å²) in [5, 5.41) is 3.58. The standard InChI is InChI=1S/C15H22N2/c1-11-7-12(2)17(10-11)14-8-13-5-3-4-6-15(13)16-9-14/h3-6,11-12,14,16H,7-10H2,1-2H3. The van der Waals surface area contributed by atoms with Crippen molar-refractivity contribution in [1.82, 2.24) is 4.90 Å². The number of likely N-dealkylation sites (tertiary alicyclic amines) is 1. The van der Waals surface area contributed by atoms with Crippen LogP contribution in [0.4, 0.5) is 5.69 Å². The zero-order chi connectivity index (χ0) is 11.8. The monoisotopic (exact) mass is 230 g/mol. The van der Waals surface area contributed by atoms with Crippen LogP contribution in [0, 0.1) is 5.92 Å². The number of rotatable bonds is 1. The molecule has 0 radical (unpaired) electrons. The summed E-state index contributed by atoms with van der Waals surface area (Å²) in [6, 6.07) is 10.2. The first-order valence-electron chi connectivity index (χ1n) is 6.81. The molecular weight excluding hydrogens is 208 g/mol. The molecule has 3 rings (SSSR count). The second-order valence-corrected chi connectivity index (χ2v) is 5.78. The van der Waals surface area contributed by atoms with Gasteiger partial charge in [-0.05, 0) is 37.3 Å². The molecule has 0 amide bonds. The highest BCUT2D eigenvalue weighted by Crippen LogP contribution is 2.30. The number of fused-ring (bicyclic) bond motifs is 1. The molecular formula is C15H22N2. The normalized spacial score (nSPS) is 33.2. The summed E-state index contributed by atoms with van der Waals surface area (Å²) in [5.41, 5.74) is 2.82. The van der Waals surface area contributed by atoms with E-state index in [4.69, 9.17) is 0 Å². The second-order valence-electron chi connectivity index (χ2n) is 5.78. The van der Waals surface area contributed by atoms with E-state index in [-0.39, 0.29) is 0 Å². The van der Waals surface area contributed by atoms with Gasteiger partial charge in [0, 0.05) is 30.9 Å². The molecule has 0 aliphatic carbocycles. The minimum absolute atomic E-state index is 0.685. The predicted octanol–water partition coefficient (Wildman–Crippen LogP) is 2.75. The SMILES string of the molecule is CC1CC(C)N(C2CNc3ccccc3C2)C1. The zero-order valence-electron chi connectivity index (χ0n) is 10.8. The van der Waals surface area contributed by atoms with Crippen LogP contribution in [-0.2, 0) is 6.42 Å². The van der Waals surface area contributed by atoms with Crippen LogP contribution < -0.4 is 5.32 Å². The summed E-state index contributed by atoms with van der Waals surface area (Å²) in [5.74, 6) is 0.863. The van der Waals surface area contributed by atoms with E-state index in [0.29, 0.717) is 6.04 Å². The van der Waals surface area contributed by atoms with E-state index in [9.17, 15) is 0 Å². The van der Waals surface area contributed by atoms with Crippen LogP contribution in [0.15, 0.2) is 24.3 Å². The van der Waals surface area contributed by atoms with Crippen molar-refractivity contribution in [3.63, 3.8) is 0 Å². The fraction of sp³-hybridized carbons (Fsp3) is 0.600. The molecule has 2 heteroatoms. The lowest BCUT2D eigenvalue weighted by Gasteiger charge is -2.35. The van der Waals surface area contributed by atoms with Crippen LogP contribution in [-0.4, -0.2) is 30.1 Å². The molecule has 1 fully saturated rings. The van der Waals surface area contributed by atoms with Crippen molar-refractivity contribution in [3.8, 4) is 0 Å².